The average molecular weight is 372 g/mol. The van der Waals surface area contributed by atoms with Crippen molar-refractivity contribution in [2.24, 2.45) is 0 Å². The summed E-state index contributed by atoms with van der Waals surface area (Å²) in [6, 6.07) is 8.76. The quantitative estimate of drug-likeness (QED) is 0.860. The van der Waals surface area contributed by atoms with E-state index in [-0.39, 0.29) is 16.9 Å². The average Bonchev–Trinajstić information content (AvgIpc) is 2.47. The molecule has 0 aliphatic carbocycles. The molecule has 0 atom stereocenters. The number of benzene rings is 2. The second kappa shape index (κ2) is 6.75. The molecule has 0 aliphatic heterocycles. The number of para-hydroxylation sites is 1. The van der Waals surface area contributed by atoms with E-state index in [1.807, 2.05) is 0 Å². The van der Waals surface area contributed by atoms with Gasteiger partial charge in [0, 0.05) is 5.56 Å². The molecule has 2 aromatic carbocycles. The fourth-order valence-corrected chi connectivity index (χ4v) is 2.73. The van der Waals surface area contributed by atoms with Crippen molar-refractivity contribution in [1.29, 1.82) is 0 Å². The van der Waals surface area contributed by atoms with Gasteiger partial charge in [0.1, 0.15) is 0 Å². The topological polar surface area (TPSA) is 75.3 Å². The molecule has 0 saturated heterocycles. The first-order chi connectivity index (χ1) is 11.5. The number of alkyl halides is 3. The van der Waals surface area contributed by atoms with E-state index in [4.69, 9.17) is 0 Å². The maximum atomic E-state index is 13.0. The second-order valence-corrected chi connectivity index (χ2v) is 7.15. The molecule has 0 radical (unpaired) electrons. The summed E-state index contributed by atoms with van der Waals surface area (Å²) >= 11 is 0. The monoisotopic (exact) mass is 372 g/mol. The van der Waals surface area contributed by atoms with Crippen LogP contribution < -0.4 is 10.0 Å². The normalized spacial score (nSPS) is 11.9. The van der Waals surface area contributed by atoms with Crippen molar-refractivity contribution >= 4 is 27.3 Å². The molecule has 0 unspecified atom stereocenters. The summed E-state index contributed by atoms with van der Waals surface area (Å²) in [6.45, 7) is 1.63. The molecule has 25 heavy (non-hydrogen) atoms. The standard InChI is InChI=1S/C16H15F3N2O3S/c1-10-7-8-11(9-14(10)21-25(2,23)24)15(22)20-13-6-4-3-5-12(13)16(17,18)19/h3-9,21H,1-2H3,(H,20,22). The van der Waals surface area contributed by atoms with E-state index in [1.165, 1.54) is 30.3 Å². The minimum Gasteiger partial charge on any atom is -0.321 e. The zero-order valence-corrected chi connectivity index (χ0v) is 14.1. The van der Waals surface area contributed by atoms with Crippen LogP contribution in [-0.4, -0.2) is 20.6 Å². The first-order valence-electron chi connectivity index (χ1n) is 7.03. The van der Waals surface area contributed by atoms with Crippen LogP contribution in [0.1, 0.15) is 21.5 Å². The number of nitrogens with one attached hydrogen (secondary N) is 2. The Kier molecular flexibility index (Phi) is 5.07. The fourth-order valence-electron chi connectivity index (χ4n) is 2.11. The van der Waals surface area contributed by atoms with Gasteiger partial charge in [-0.3, -0.25) is 9.52 Å². The van der Waals surface area contributed by atoms with E-state index < -0.39 is 27.7 Å². The van der Waals surface area contributed by atoms with Crippen molar-refractivity contribution in [3.05, 3.63) is 59.2 Å². The van der Waals surface area contributed by atoms with E-state index in [0.717, 1.165) is 18.4 Å². The van der Waals surface area contributed by atoms with Crippen LogP contribution in [-0.2, 0) is 16.2 Å². The predicted octanol–water partition coefficient (Wildman–Crippen LogP) is 3.64. The Morgan fingerprint density at radius 1 is 1.04 bits per heavy atom. The molecular formula is C16H15F3N2O3S. The van der Waals surface area contributed by atoms with E-state index in [9.17, 15) is 26.4 Å². The zero-order valence-electron chi connectivity index (χ0n) is 13.3. The Bertz CT molecular complexity index is 909. The van der Waals surface area contributed by atoms with Crippen LogP contribution in [0.25, 0.3) is 0 Å². The first-order valence-corrected chi connectivity index (χ1v) is 8.92. The molecule has 5 nitrogen and oxygen atoms in total. The van der Waals surface area contributed by atoms with Crippen molar-refractivity contribution in [1.82, 2.24) is 0 Å². The number of rotatable bonds is 4. The number of carbonyl (C=O) groups is 1. The van der Waals surface area contributed by atoms with Crippen molar-refractivity contribution in [3.8, 4) is 0 Å². The van der Waals surface area contributed by atoms with E-state index in [0.29, 0.717) is 5.56 Å². The van der Waals surface area contributed by atoms with Gasteiger partial charge >= 0.3 is 6.18 Å². The Morgan fingerprint density at radius 3 is 2.28 bits per heavy atom. The highest BCUT2D eigenvalue weighted by Gasteiger charge is 2.33. The Labute approximate surface area is 142 Å². The summed E-state index contributed by atoms with van der Waals surface area (Å²) in [6.07, 6.45) is -3.65. The van der Waals surface area contributed by atoms with Crippen LogP contribution in [0, 0.1) is 6.92 Å². The van der Waals surface area contributed by atoms with Gasteiger partial charge in [0.05, 0.1) is 23.2 Å². The Morgan fingerprint density at radius 2 is 1.68 bits per heavy atom. The van der Waals surface area contributed by atoms with Gasteiger partial charge in [0.15, 0.2) is 0 Å². The maximum Gasteiger partial charge on any atom is 0.418 e. The third-order valence-corrected chi connectivity index (χ3v) is 3.87. The Hall–Kier alpha value is -2.55. The van der Waals surface area contributed by atoms with Crippen LogP contribution in [0.5, 0.6) is 0 Å². The lowest BCUT2D eigenvalue weighted by atomic mass is 10.1. The van der Waals surface area contributed by atoms with Gasteiger partial charge in [0.2, 0.25) is 10.0 Å². The molecule has 9 heteroatoms. The molecule has 0 heterocycles. The van der Waals surface area contributed by atoms with E-state index in [1.54, 1.807) is 6.92 Å². The zero-order chi connectivity index (χ0) is 18.8. The second-order valence-electron chi connectivity index (χ2n) is 5.40. The summed E-state index contributed by atoms with van der Waals surface area (Å²) in [4.78, 5) is 12.3. The van der Waals surface area contributed by atoms with E-state index in [2.05, 4.69) is 10.0 Å². The van der Waals surface area contributed by atoms with Crippen molar-refractivity contribution < 1.29 is 26.4 Å². The third-order valence-electron chi connectivity index (χ3n) is 3.28. The SMILES string of the molecule is Cc1ccc(C(=O)Nc2ccccc2C(F)(F)F)cc1NS(C)(=O)=O. The number of carbonyl (C=O) groups excluding carboxylic acids is 1. The molecule has 2 rings (SSSR count). The highest BCUT2D eigenvalue weighted by Crippen LogP contribution is 2.34. The minimum absolute atomic E-state index is 0.0220. The lowest BCUT2D eigenvalue weighted by Crippen LogP contribution is -2.17. The van der Waals surface area contributed by atoms with E-state index >= 15 is 0 Å². The fraction of sp³-hybridized carbons (Fsp3) is 0.188. The van der Waals surface area contributed by atoms with Crippen LogP contribution in [0.15, 0.2) is 42.5 Å². The molecule has 0 aromatic heterocycles. The summed E-state index contributed by atoms with van der Waals surface area (Å²) in [5, 5.41) is 2.21. The number of hydrogen-bond donors (Lipinski definition) is 2. The molecular weight excluding hydrogens is 357 g/mol. The number of sulfonamides is 1. The third kappa shape index (κ3) is 4.96. The maximum absolute atomic E-state index is 13.0. The Balaban J connectivity index is 2.33. The molecule has 0 fully saturated rings. The lowest BCUT2D eigenvalue weighted by Gasteiger charge is -2.14. The van der Waals surface area contributed by atoms with Crippen LogP contribution >= 0.6 is 0 Å². The molecule has 2 N–H and O–H groups in total. The van der Waals surface area contributed by atoms with Crippen LogP contribution in [0.2, 0.25) is 0 Å². The van der Waals surface area contributed by atoms with Gasteiger partial charge in [-0.1, -0.05) is 18.2 Å². The van der Waals surface area contributed by atoms with Gasteiger partial charge < -0.3 is 5.32 Å². The summed E-state index contributed by atoms with van der Waals surface area (Å²) in [5.41, 5.74) is -0.575. The summed E-state index contributed by atoms with van der Waals surface area (Å²) < 4.78 is 63.9. The highest BCUT2D eigenvalue weighted by atomic mass is 32.2. The lowest BCUT2D eigenvalue weighted by molar-refractivity contribution is -0.136. The van der Waals surface area contributed by atoms with Crippen LogP contribution in [0.4, 0.5) is 24.5 Å². The number of aryl methyl sites for hydroxylation is 1. The number of anilines is 2. The van der Waals surface area contributed by atoms with Crippen molar-refractivity contribution in [3.63, 3.8) is 0 Å². The number of halogens is 3. The molecule has 0 aliphatic rings. The molecule has 0 spiro atoms. The first kappa shape index (κ1) is 18.8. The van der Waals surface area contributed by atoms with Crippen molar-refractivity contribution in [2.45, 2.75) is 13.1 Å². The van der Waals surface area contributed by atoms with Gasteiger partial charge in [-0.15, -0.1) is 0 Å². The highest BCUT2D eigenvalue weighted by molar-refractivity contribution is 7.92. The summed E-state index contributed by atoms with van der Waals surface area (Å²) in [5.74, 6) is -0.784. The van der Waals surface area contributed by atoms with Gasteiger partial charge in [-0.25, -0.2) is 8.42 Å². The van der Waals surface area contributed by atoms with Crippen molar-refractivity contribution in [2.75, 3.05) is 16.3 Å². The predicted molar refractivity (Wildman–Crippen MR) is 89.0 cm³/mol. The number of hydrogen-bond acceptors (Lipinski definition) is 3. The van der Waals surface area contributed by atoms with Gasteiger partial charge in [-0.2, -0.15) is 13.2 Å². The van der Waals surface area contributed by atoms with Gasteiger partial charge in [-0.05, 0) is 36.8 Å². The largest absolute Gasteiger partial charge is 0.418 e. The molecule has 0 saturated carbocycles. The minimum atomic E-state index is -4.61. The molecule has 0 bridgehead atoms. The molecule has 134 valence electrons. The smallest absolute Gasteiger partial charge is 0.321 e. The molecule has 2 aromatic rings. The summed E-state index contributed by atoms with van der Waals surface area (Å²) in [7, 11) is -3.56. The molecule has 1 amide bonds. The van der Waals surface area contributed by atoms with Crippen LogP contribution in [0.3, 0.4) is 0 Å². The number of amides is 1. The van der Waals surface area contributed by atoms with Gasteiger partial charge in [0.25, 0.3) is 5.91 Å².